The number of aliphatic hydroxyl groups excluding tert-OH is 2. The molecule has 1 aliphatic heterocycles. The molecule has 0 aromatic heterocycles. The van der Waals surface area contributed by atoms with Gasteiger partial charge in [0.05, 0.1) is 12.1 Å². The summed E-state index contributed by atoms with van der Waals surface area (Å²) in [4.78, 5) is 12.4. The molecule has 0 bridgehead atoms. The highest BCUT2D eigenvalue weighted by atomic mass is 32.2. The molecule has 5 rings (SSSR count). The van der Waals surface area contributed by atoms with Gasteiger partial charge in [-0.2, -0.15) is 17.0 Å². The van der Waals surface area contributed by atoms with Crippen LogP contribution in [0.2, 0.25) is 0 Å². The van der Waals surface area contributed by atoms with Gasteiger partial charge in [0.25, 0.3) is 16.1 Å². The van der Waals surface area contributed by atoms with Crippen LogP contribution < -0.4 is 14.8 Å². The number of aliphatic hydroxyl groups is 2. The van der Waals surface area contributed by atoms with Crippen molar-refractivity contribution < 1.29 is 32.9 Å². The molecule has 45 heavy (non-hydrogen) atoms. The summed E-state index contributed by atoms with van der Waals surface area (Å²) in [5.74, 6) is 0.652. The van der Waals surface area contributed by atoms with Crippen LogP contribution in [-0.2, 0) is 23.3 Å². The standard InChI is InChI=1S/C34H37N3O7S/c1-35-34(40)27-15-11-14-26(20-27)22-37-31(24-44-29-18-9-4-10-19-29)33(39)32(38)30(23-43-28-16-7-3-8-17-28)36(45(37,41)42)21-25-12-5-2-6-13-25/h2-20,30-33,38-39H,21-24H2,1H3,(H,35,40)/t30-,31-,32+,33+/m0/s1. The number of hydrogen-bond donors (Lipinski definition) is 3. The fourth-order valence-electron chi connectivity index (χ4n) is 5.33. The molecule has 0 radical (unpaired) electrons. The predicted octanol–water partition coefficient (Wildman–Crippen LogP) is 3.23. The largest absolute Gasteiger partial charge is 0.492 e. The van der Waals surface area contributed by atoms with Gasteiger partial charge in [-0.15, -0.1) is 0 Å². The third kappa shape index (κ3) is 7.70. The molecule has 0 unspecified atom stereocenters. The van der Waals surface area contributed by atoms with Gasteiger partial charge in [-0.25, -0.2) is 0 Å². The number of rotatable bonds is 11. The van der Waals surface area contributed by atoms with Crippen LogP contribution in [0, 0.1) is 0 Å². The van der Waals surface area contributed by atoms with Crippen LogP contribution in [0.1, 0.15) is 21.5 Å². The molecule has 11 heteroatoms. The van der Waals surface area contributed by atoms with E-state index in [0.717, 1.165) is 4.31 Å². The van der Waals surface area contributed by atoms with Crippen molar-refractivity contribution in [3.63, 3.8) is 0 Å². The highest BCUT2D eigenvalue weighted by molar-refractivity contribution is 7.86. The molecular formula is C34H37N3O7S. The Bertz CT molecular complexity index is 1640. The lowest BCUT2D eigenvalue weighted by Crippen LogP contribution is -2.52. The maximum atomic E-state index is 14.8. The summed E-state index contributed by atoms with van der Waals surface area (Å²) in [6.45, 7) is -0.753. The van der Waals surface area contributed by atoms with Crippen LogP contribution >= 0.6 is 0 Å². The Balaban J connectivity index is 1.57. The van der Waals surface area contributed by atoms with Gasteiger partial charge in [0.2, 0.25) is 0 Å². The average molecular weight is 632 g/mol. The van der Waals surface area contributed by atoms with Crippen LogP contribution in [-0.4, -0.2) is 77.7 Å². The summed E-state index contributed by atoms with van der Waals surface area (Å²) >= 11 is 0. The summed E-state index contributed by atoms with van der Waals surface area (Å²) in [6, 6.07) is 31.0. The van der Waals surface area contributed by atoms with E-state index in [-0.39, 0.29) is 32.2 Å². The van der Waals surface area contributed by atoms with Crippen molar-refractivity contribution in [3.05, 3.63) is 132 Å². The zero-order valence-corrected chi connectivity index (χ0v) is 25.7. The molecule has 4 atom stereocenters. The SMILES string of the molecule is CNC(=O)c1cccc(CN2[C@@H](COc3ccccc3)[C@@H](O)[C@H](O)[C@H](COc3ccccc3)N(Cc3ccccc3)S2(=O)=O)c1. The van der Waals surface area contributed by atoms with Crippen LogP contribution in [0.15, 0.2) is 115 Å². The Morgan fingerprint density at radius 2 is 1.13 bits per heavy atom. The molecule has 1 amide bonds. The van der Waals surface area contributed by atoms with Gasteiger partial charge in [0, 0.05) is 25.7 Å². The molecule has 0 aliphatic carbocycles. The molecular weight excluding hydrogens is 594 g/mol. The van der Waals surface area contributed by atoms with Crippen LogP contribution in [0.4, 0.5) is 0 Å². The number of carbonyl (C=O) groups excluding carboxylic acids is 1. The van der Waals surface area contributed by atoms with E-state index in [9.17, 15) is 23.4 Å². The van der Waals surface area contributed by atoms with Crippen molar-refractivity contribution in [2.75, 3.05) is 20.3 Å². The number of benzene rings is 4. The lowest BCUT2D eigenvalue weighted by atomic mass is 9.99. The van der Waals surface area contributed by atoms with Gasteiger partial charge in [0.15, 0.2) is 0 Å². The molecule has 0 saturated carbocycles. The molecule has 1 fully saturated rings. The Morgan fingerprint density at radius 3 is 1.62 bits per heavy atom. The number of carbonyl (C=O) groups is 1. The molecule has 1 saturated heterocycles. The normalized spacial score (nSPS) is 21.8. The Kier molecular flexibility index (Phi) is 10.5. The van der Waals surface area contributed by atoms with E-state index >= 15 is 0 Å². The van der Waals surface area contributed by atoms with E-state index in [1.165, 1.54) is 11.4 Å². The quantitative estimate of drug-likeness (QED) is 0.232. The van der Waals surface area contributed by atoms with Crippen molar-refractivity contribution in [1.29, 1.82) is 0 Å². The summed E-state index contributed by atoms with van der Waals surface area (Å²) in [5, 5.41) is 26.0. The number of amides is 1. The Labute approximate surface area is 263 Å². The van der Waals surface area contributed by atoms with Gasteiger partial charge in [-0.1, -0.05) is 78.9 Å². The fourth-order valence-corrected chi connectivity index (χ4v) is 7.28. The van der Waals surface area contributed by atoms with Gasteiger partial charge < -0.3 is 25.0 Å². The topological polar surface area (TPSA) is 129 Å². The molecule has 0 spiro atoms. The third-order valence-corrected chi connectivity index (χ3v) is 9.72. The zero-order chi connectivity index (χ0) is 31.8. The first-order valence-electron chi connectivity index (χ1n) is 14.6. The molecule has 236 valence electrons. The fraction of sp³-hybridized carbons (Fsp3) is 0.265. The first-order chi connectivity index (χ1) is 21.8. The van der Waals surface area contributed by atoms with E-state index in [4.69, 9.17) is 9.47 Å². The van der Waals surface area contributed by atoms with Gasteiger partial charge in [0.1, 0.15) is 36.9 Å². The second-order valence-electron chi connectivity index (χ2n) is 10.7. The number of ether oxygens (including phenoxy) is 2. The lowest BCUT2D eigenvalue weighted by Gasteiger charge is -2.34. The van der Waals surface area contributed by atoms with Gasteiger partial charge in [-0.05, 0) is 47.5 Å². The van der Waals surface area contributed by atoms with Crippen molar-refractivity contribution in [2.45, 2.75) is 37.4 Å². The van der Waals surface area contributed by atoms with Crippen LogP contribution in [0.5, 0.6) is 11.5 Å². The van der Waals surface area contributed by atoms with E-state index in [1.54, 1.807) is 97.1 Å². The lowest BCUT2D eigenvalue weighted by molar-refractivity contribution is -0.0565. The highest BCUT2D eigenvalue weighted by Gasteiger charge is 2.51. The van der Waals surface area contributed by atoms with Crippen LogP contribution in [0.3, 0.4) is 0 Å². The molecule has 1 aliphatic rings. The minimum absolute atomic E-state index is 0.0865. The maximum absolute atomic E-state index is 14.8. The van der Waals surface area contributed by atoms with Crippen molar-refractivity contribution in [1.82, 2.24) is 13.9 Å². The number of hydrogen-bond acceptors (Lipinski definition) is 7. The number of nitrogens with zero attached hydrogens (tertiary/aromatic N) is 2. The second kappa shape index (κ2) is 14.7. The van der Waals surface area contributed by atoms with Crippen molar-refractivity contribution >= 4 is 16.1 Å². The Hall–Kier alpha value is -4.26. The summed E-state index contributed by atoms with van der Waals surface area (Å²) in [6.07, 6.45) is -3.10. The molecule has 4 aromatic carbocycles. The molecule has 3 N–H and O–H groups in total. The minimum atomic E-state index is -4.42. The maximum Gasteiger partial charge on any atom is 0.283 e. The number of para-hydroxylation sites is 2. The first-order valence-corrected chi connectivity index (χ1v) is 16.0. The molecule has 10 nitrogen and oxygen atoms in total. The summed E-state index contributed by atoms with van der Waals surface area (Å²) in [5.41, 5.74) is 1.56. The predicted molar refractivity (Wildman–Crippen MR) is 170 cm³/mol. The van der Waals surface area contributed by atoms with E-state index in [2.05, 4.69) is 5.32 Å². The summed E-state index contributed by atoms with van der Waals surface area (Å²) < 4.78 is 43.9. The monoisotopic (exact) mass is 631 g/mol. The average Bonchev–Trinajstić information content (AvgIpc) is 3.12. The molecule has 4 aromatic rings. The zero-order valence-electron chi connectivity index (χ0n) is 24.8. The number of nitrogens with one attached hydrogen (secondary N) is 1. The van der Waals surface area contributed by atoms with E-state index in [0.29, 0.717) is 28.2 Å². The highest BCUT2D eigenvalue weighted by Crippen LogP contribution is 2.31. The first kappa shape index (κ1) is 32.1. The second-order valence-corrected chi connectivity index (χ2v) is 12.6. The third-order valence-electron chi connectivity index (χ3n) is 7.73. The van der Waals surface area contributed by atoms with Crippen molar-refractivity contribution in [3.8, 4) is 11.5 Å². The van der Waals surface area contributed by atoms with E-state index < -0.39 is 34.5 Å². The van der Waals surface area contributed by atoms with Gasteiger partial charge >= 0.3 is 0 Å². The van der Waals surface area contributed by atoms with Crippen molar-refractivity contribution in [2.24, 2.45) is 0 Å². The summed E-state index contributed by atoms with van der Waals surface area (Å²) in [7, 11) is -2.91. The van der Waals surface area contributed by atoms with Gasteiger partial charge in [-0.3, -0.25) is 4.79 Å². The minimum Gasteiger partial charge on any atom is -0.492 e. The van der Waals surface area contributed by atoms with E-state index in [1.807, 2.05) is 18.2 Å². The molecule has 1 heterocycles. The Morgan fingerprint density at radius 1 is 0.689 bits per heavy atom. The smallest absolute Gasteiger partial charge is 0.283 e. The van der Waals surface area contributed by atoms with Crippen LogP contribution in [0.25, 0.3) is 0 Å².